The summed E-state index contributed by atoms with van der Waals surface area (Å²) in [6, 6.07) is 18.7. The van der Waals surface area contributed by atoms with Crippen LogP contribution >= 0.6 is 11.3 Å². The molecule has 0 aliphatic heterocycles. The monoisotopic (exact) mass is 493 g/mol. The van der Waals surface area contributed by atoms with Crippen LogP contribution < -0.4 is 14.8 Å². The van der Waals surface area contributed by atoms with Crippen molar-refractivity contribution >= 4 is 38.6 Å². The van der Waals surface area contributed by atoms with Gasteiger partial charge in [-0.15, -0.1) is 11.3 Å². The molecule has 1 heterocycles. The maximum Gasteiger partial charge on any atom is 0.265 e. The third-order valence-electron chi connectivity index (χ3n) is 5.15. The molecule has 0 spiro atoms. The molecule has 0 atom stereocenters. The molecule has 0 aliphatic carbocycles. The Kier molecular flexibility index (Phi) is 6.95. The largest absolute Gasteiger partial charge is 0.495 e. The summed E-state index contributed by atoms with van der Waals surface area (Å²) in [7, 11) is -2.61. The van der Waals surface area contributed by atoms with Gasteiger partial charge in [0.1, 0.15) is 15.7 Å². The first-order valence-corrected chi connectivity index (χ1v) is 12.9. The summed E-state index contributed by atoms with van der Waals surface area (Å²) in [5.41, 5.74) is 3.24. The molecule has 0 bridgehead atoms. The van der Waals surface area contributed by atoms with Crippen LogP contribution in [-0.2, 0) is 16.4 Å². The number of nitrogens with one attached hydrogen (secondary N) is 2. The summed E-state index contributed by atoms with van der Waals surface area (Å²) in [6.07, 6.45) is 2.59. The van der Waals surface area contributed by atoms with Crippen molar-refractivity contribution in [1.29, 1.82) is 0 Å². The summed E-state index contributed by atoms with van der Waals surface area (Å²) >= 11 is 1.53. The molecule has 0 radical (unpaired) electrons. The van der Waals surface area contributed by atoms with Crippen LogP contribution in [-0.4, -0.2) is 26.4 Å². The fourth-order valence-electron chi connectivity index (χ4n) is 3.31. The number of carbonyl (C=O) groups is 1. The zero-order chi connectivity index (χ0) is 24.1. The minimum Gasteiger partial charge on any atom is -0.495 e. The summed E-state index contributed by atoms with van der Waals surface area (Å²) < 4.78 is 34.0. The lowest BCUT2D eigenvalue weighted by molar-refractivity contribution is 0.102. The fraction of sp³-hybridized carbons (Fsp3) is 0.120. The zero-order valence-corrected chi connectivity index (χ0v) is 20.2. The number of hydrogen-bond acceptors (Lipinski definition) is 6. The molecule has 0 unspecified atom stereocenters. The maximum absolute atomic E-state index is 13.1. The topological polar surface area (TPSA) is 97.4 Å². The van der Waals surface area contributed by atoms with Crippen molar-refractivity contribution in [1.82, 2.24) is 4.98 Å². The summed E-state index contributed by atoms with van der Waals surface area (Å²) in [4.78, 5) is 17.0. The molecule has 3 aromatic carbocycles. The fourth-order valence-corrected chi connectivity index (χ4v) is 5.21. The van der Waals surface area contributed by atoms with E-state index in [0.717, 1.165) is 22.6 Å². The van der Waals surface area contributed by atoms with Crippen molar-refractivity contribution in [3.05, 3.63) is 89.4 Å². The average Bonchev–Trinajstić information content (AvgIpc) is 3.39. The van der Waals surface area contributed by atoms with Gasteiger partial charge in [-0.25, -0.2) is 13.4 Å². The number of anilines is 2. The van der Waals surface area contributed by atoms with E-state index in [4.69, 9.17) is 4.74 Å². The number of rotatable bonds is 8. The first-order valence-electron chi connectivity index (χ1n) is 10.5. The number of amides is 1. The lowest BCUT2D eigenvalue weighted by Crippen LogP contribution is -2.17. The van der Waals surface area contributed by atoms with Gasteiger partial charge in [-0.05, 0) is 66.6 Å². The number of carbonyl (C=O) groups excluding carboxylic acids is 1. The highest BCUT2D eigenvalue weighted by Gasteiger charge is 2.22. The summed E-state index contributed by atoms with van der Waals surface area (Å²) in [6.45, 7) is 2.02. The first kappa shape index (κ1) is 23.5. The molecule has 2 N–H and O–H groups in total. The van der Waals surface area contributed by atoms with Crippen molar-refractivity contribution in [2.24, 2.45) is 0 Å². The van der Waals surface area contributed by atoms with Gasteiger partial charge in [0.25, 0.3) is 15.9 Å². The zero-order valence-electron chi connectivity index (χ0n) is 18.6. The van der Waals surface area contributed by atoms with Crippen molar-refractivity contribution in [2.45, 2.75) is 18.2 Å². The number of aromatic nitrogens is 1. The molecule has 174 valence electrons. The van der Waals surface area contributed by atoms with Gasteiger partial charge in [-0.1, -0.05) is 19.1 Å². The van der Waals surface area contributed by atoms with E-state index >= 15 is 0 Å². The second-order valence-electron chi connectivity index (χ2n) is 7.39. The Bertz CT molecular complexity index is 1380. The quantitative estimate of drug-likeness (QED) is 0.341. The molecule has 1 amide bonds. The summed E-state index contributed by atoms with van der Waals surface area (Å²) in [5, 5.41) is 5.58. The van der Waals surface area contributed by atoms with Crippen LogP contribution in [0.4, 0.5) is 11.4 Å². The van der Waals surface area contributed by atoms with Gasteiger partial charge in [0.05, 0.1) is 7.11 Å². The minimum absolute atomic E-state index is 0.124. The van der Waals surface area contributed by atoms with Gasteiger partial charge in [0, 0.05) is 34.1 Å². The molecule has 34 heavy (non-hydrogen) atoms. The molecule has 0 saturated carbocycles. The van der Waals surface area contributed by atoms with Gasteiger partial charge in [0.2, 0.25) is 0 Å². The Morgan fingerprint density at radius 1 is 1.00 bits per heavy atom. The van der Waals surface area contributed by atoms with Gasteiger partial charge in [-0.3, -0.25) is 9.52 Å². The molecule has 9 heteroatoms. The molecule has 4 aromatic rings. The Hall–Kier alpha value is -3.69. The van der Waals surface area contributed by atoms with E-state index in [1.807, 2.05) is 36.6 Å². The van der Waals surface area contributed by atoms with Crippen LogP contribution in [0, 0.1) is 0 Å². The molecular formula is C25H23N3O4S2. The van der Waals surface area contributed by atoms with E-state index in [1.165, 1.54) is 36.6 Å². The van der Waals surface area contributed by atoms with Crippen molar-refractivity contribution in [2.75, 3.05) is 17.1 Å². The Morgan fingerprint density at radius 3 is 2.32 bits per heavy atom. The van der Waals surface area contributed by atoms with Crippen molar-refractivity contribution in [3.8, 4) is 16.3 Å². The second kappa shape index (κ2) is 10.1. The average molecular weight is 494 g/mol. The SMILES string of the molecule is CCc1ccc(NS(=O)(=O)c2cc(C(=O)Nc3ccc(-c4nccs4)cc3)ccc2OC)cc1. The van der Waals surface area contributed by atoms with Gasteiger partial charge in [0.15, 0.2) is 0 Å². The highest BCUT2D eigenvalue weighted by Crippen LogP contribution is 2.28. The van der Waals surface area contributed by atoms with E-state index in [9.17, 15) is 13.2 Å². The van der Waals surface area contributed by atoms with Crippen LogP contribution in [0.3, 0.4) is 0 Å². The molecule has 1 aromatic heterocycles. The van der Waals surface area contributed by atoms with E-state index in [2.05, 4.69) is 15.0 Å². The Labute approximate surface area is 202 Å². The molecule has 4 rings (SSSR count). The third kappa shape index (κ3) is 5.27. The van der Waals surface area contributed by atoms with E-state index < -0.39 is 15.9 Å². The molecular weight excluding hydrogens is 470 g/mol. The molecule has 0 fully saturated rings. The molecule has 0 saturated heterocycles. The predicted molar refractivity (Wildman–Crippen MR) is 135 cm³/mol. The lowest BCUT2D eigenvalue weighted by Gasteiger charge is -2.14. The lowest BCUT2D eigenvalue weighted by atomic mass is 10.1. The number of nitrogens with zero attached hydrogens (tertiary/aromatic N) is 1. The number of thiazole rings is 1. The number of benzene rings is 3. The highest BCUT2D eigenvalue weighted by atomic mass is 32.2. The second-order valence-corrected chi connectivity index (χ2v) is 9.94. The van der Waals surface area contributed by atoms with Crippen LogP contribution in [0.2, 0.25) is 0 Å². The van der Waals surface area contributed by atoms with Crippen LogP contribution in [0.5, 0.6) is 5.75 Å². The van der Waals surface area contributed by atoms with Crippen LogP contribution in [0.25, 0.3) is 10.6 Å². The number of sulfonamides is 1. The minimum atomic E-state index is -4.00. The van der Waals surface area contributed by atoms with E-state index in [1.54, 1.807) is 30.5 Å². The van der Waals surface area contributed by atoms with E-state index in [-0.39, 0.29) is 16.2 Å². The van der Waals surface area contributed by atoms with Gasteiger partial charge < -0.3 is 10.1 Å². The van der Waals surface area contributed by atoms with Crippen LogP contribution in [0.15, 0.2) is 83.2 Å². The Balaban J connectivity index is 1.55. The predicted octanol–water partition coefficient (Wildman–Crippen LogP) is 5.43. The molecule has 7 nitrogen and oxygen atoms in total. The Morgan fingerprint density at radius 2 is 1.71 bits per heavy atom. The van der Waals surface area contributed by atoms with Gasteiger partial charge in [-0.2, -0.15) is 0 Å². The van der Waals surface area contributed by atoms with Crippen molar-refractivity contribution in [3.63, 3.8) is 0 Å². The highest BCUT2D eigenvalue weighted by molar-refractivity contribution is 7.92. The maximum atomic E-state index is 13.1. The van der Waals surface area contributed by atoms with Crippen LogP contribution in [0.1, 0.15) is 22.8 Å². The smallest absolute Gasteiger partial charge is 0.265 e. The standard InChI is InChI=1S/C25H23N3O4S2/c1-3-17-4-9-21(10-5-17)28-34(30,31)23-16-19(8-13-22(23)32-2)24(29)27-20-11-6-18(7-12-20)25-26-14-15-33-25/h4-16,28H,3H2,1-2H3,(H,27,29). The third-order valence-corrected chi connectivity index (χ3v) is 7.38. The molecule has 0 aliphatic rings. The number of aryl methyl sites for hydroxylation is 1. The van der Waals surface area contributed by atoms with Crippen molar-refractivity contribution < 1.29 is 17.9 Å². The van der Waals surface area contributed by atoms with E-state index in [0.29, 0.717) is 11.4 Å². The number of methoxy groups -OCH3 is 1. The number of hydrogen-bond donors (Lipinski definition) is 2. The van der Waals surface area contributed by atoms with Gasteiger partial charge >= 0.3 is 0 Å². The summed E-state index contributed by atoms with van der Waals surface area (Å²) in [5.74, 6) is -0.296. The first-order chi connectivity index (χ1) is 16.4. The number of ether oxygens (including phenoxy) is 1. The normalized spacial score (nSPS) is 11.1.